The van der Waals surface area contributed by atoms with Gasteiger partial charge in [-0.15, -0.1) is 0 Å². The van der Waals surface area contributed by atoms with Crippen molar-refractivity contribution in [3.05, 3.63) is 24.3 Å². The number of nitrogens with zero attached hydrogens (tertiary/aromatic N) is 1. The largest absolute Gasteiger partial charge is 0.497 e. The van der Waals surface area contributed by atoms with E-state index in [0.29, 0.717) is 6.61 Å². The maximum atomic E-state index is 8.68. The van der Waals surface area contributed by atoms with Gasteiger partial charge in [0.2, 0.25) is 0 Å². The van der Waals surface area contributed by atoms with Gasteiger partial charge in [0, 0.05) is 25.9 Å². The molecule has 1 aromatic carbocycles. The Morgan fingerprint density at radius 2 is 1.71 bits per heavy atom. The molecule has 3 heteroatoms. The average molecular weight is 237 g/mol. The average Bonchev–Trinajstić information content (AvgIpc) is 2.38. The Labute approximate surface area is 104 Å². The topological polar surface area (TPSA) is 32.7 Å². The van der Waals surface area contributed by atoms with E-state index in [1.54, 1.807) is 7.11 Å². The molecule has 0 saturated carbocycles. The highest BCUT2D eigenvalue weighted by Crippen LogP contribution is 2.18. The number of unbranched alkanes of at least 4 members (excludes halogenated alkanes) is 3. The third-order valence-electron chi connectivity index (χ3n) is 2.91. The van der Waals surface area contributed by atoms with E-state index >= 15 is 0 Å². The van der Waals surface area contributed by atoms with Crippen LogP contribution in [0, 0.1) is 0 Å². The van der Waals surface area contributed by atoms with Gasteiger partial charge < -0.3 is 14.7 Å². The number of aliphatic hydroxyl groups excluding tert-OH is 1. The van der Waals surface area contributed by atoms with Crippen molar-refractivity contribution in [3.8, 4) is 5.75 Å². The number of hydrogen-bond donors (Lipinski definition) is 1. The van der Waals surface area contributed by atoms with Crippen molar-refractivity contribution in [2.45, 2.75) is 25.7 Å². The molecule has 1 aromatic rings. The number of aliphatic hydroxyl groups is 1. The van der Waals surface area contributed by atoms with E-state index in [1.807, 2.05) is 12.1 Å². The molecule has 0 aliphatic rings. The van der Waals surface area contributed by atoms with Crippen molar-refractivity contribution in [3.63, 3.8) is 0 Å². The lowest BCUT2D eigenvalue weighted by atomic mass is 10.2. The van der Waals surface area contributed by atoms with Crippen LogP contribution in [-0.2, 0) is 0 Å². The van der Waals surface area contributed by atoms with Gasteiger partial charge in [-0.05, 0) is 37.1 Å². The maximum absolute atomic E-state index is 8.68. The molecule has 96 valence electrons. The maximum Gasteiger partial charge on any atom is 0.119 e. The van der Waals surface area contributed by atoms with Crippen molar-refractivity contribution < 1.29 is 9.84 Å². The van der Waals surface area contributed by atoms with Crippen molar-refractivity contribution in [2.75, 3.05) is 32.2 Å². The van der Waals surface area contributed by atoms with Gasteiger partial charge in [-0.1, -0.05) is 12.8 Å². The molecule has 0 radical (unpaired) electrons. The summed E-state index contributed by atoms with van der Waals surface area (Å²) in [6.07, 6.45) is 4.39. The van der Waals surface area contributed by atoms with Gasteiger partial charge in [0.1, 0.15) is 5.75 Å². The zero-order valence-corrected chi connectivity index (χ0v) is 10.9. The Bertz CT molecular complexity index is 298. The molecule has 0 aliphatic carbocycles. The van der Waals surface area contributed by atoms with Gasteiger partial charge in [-0.3, -0.25) is 0 Å². The van der Waals surface area contributed by atoms with Crippen LogP contribution in [0.2, 0.25) is 0 Å². The number of anilines is 1. The summed E-state index contributed by atoms with van der Waals surface area (Å²) >= 11 is 0. The second-order valence-corrected chi connectivity index (χ2v) is 4.26. The molecule has 0 atom stereocenters. The lowest BCUT2D eigenvalue weighted by Gasteiger charge is -2.19. The SMILES string of the molecule is COc1ccc(N(C)CCCCCCO)cc1. The third kappa shape index (κ3) is 5.09. The summed E-state index contributed by atoms with van der Waals surface area (Å²) < 4.78 is 5.13. The van der Waals surface area contributed by atoms with E-state index < -0.39 is 0 Å². The Kier molecular flexibility index (Phi) is 6.48. The zero-order valence-electron chi connectivity index (χ0n) is 10.9. The van der Waals surface area contributed by atoms with E-state index in [4.69, 9.17) is 9.84 Å². The first-order valence-corrected chi connectivity index (χ1v) is 6.24. The lowest BCUT2D eigenvalue weighted by Crippen LogP contribution is -2.18. The van der Waals surface area contributed by atoms with Gasteiger partial charge in [-0.25, -0.2) is 0 Å². The summed E-state index contributed by atoms with van der Waals surface area (Å²) in [6, 6.07) is 8.12. The standard InChI is InChI=1S/C14H23NO2/c1-15(11-5-3-4-6-12-16)13-7-9-14(17-2)10-8-13/h7-10,16H,3-6,11-12H2,1-2H3. The molecule has 1 N–H and O–H groups in total. The summed E-state index contributed by atoms with van der Waals surface area (Å²) in [7, 11) is 3.79. The number of benzene rings is 1. The van der Waals surface area contributed by atoms with Crippen LogP contribution in [0.5, 0.6) is 5.75 Å². The van der Waals surface area contributed by atoms with Crippen molar-refractivity contribution in [1.82, 2.24) is 0 Å². The van der Waals surface area contributed by atoms with Crippen LogP contribution < -0.4 is 9.64 Å². The predicted octanol–water partition coefficient (Wildman–Crippen LogP) is 2.68. The third-order valence-corrected chi connectivity index (χ3v) is 2.91. The molecule has 0 amide bonds. The Balaban J connectivity index is 2.28. The monoisotopic (exact) mass is 237 g/mol. The van der Waals surface area contributed by atoms with Gasteiger partial charge >= 0.3 is 0 Å². The van der Waals surface area contributed by atoms with Crippen molar-refractivity contribution in [1.29, 1.82) is 0 Å². The molecular weight excluding hydrogens is 214 g/mol. The summed E-state index contributed by atoms with van der Waals surface area (Å²) in [5.74, 6) is 0.894. The van der Waals surface area contributed by atoms with E-state index in [-0.39, 0.29) is 0 Å². The molecule has 3 nitrogen and oxygen atoms in total. The molecule has 0 bridgehead atoms. The first-order chi connectivity index (χ1) is 8.27. The molecule has 0 aromatic heterocycles. The van der Waals surface area contributed by atoms with Crippen LogP contribution in [0.4, 0.5) is 5.69 Å². The highest BCUT2D eigenvalue weighted by atomic mass is 16.5. The zero-order chi connectivity index (χ0) is 12.5. The van der Waals surface area contributed by atoms with Crippen molar-refractivity contribution >= 4 is 5.69 Å². The molecule has 0 fully saturated rings. The number of ether oxygens (including phenoxy) is 1. The van der Waals surface area contributed by atoms with Crippen LogP contribution in [0.25, 0.3) is 0 Å². The minimum Gasteiger partial charge on any atom is -0.497 e. The molecule has 1 rings (SSSR count). The Hall–Kier alpha value is -1.22. The summed E-state index contributed by atoms with van der Waals surface area (Å²) in [5, 5.41) is 8.68. The summed E-state index contributed by atoms with van der Waals surface area (Å²) in [5.41, 5.74) is 1.22. The van der Waals surface area contributed by atoms with E-state index in [2.05, 4.69) is 24.1 Å². The first-order valence-electron chi connectivity index (χ1n) is 6.24. The van der Waals surface area contributed by atoms with Crippen LogP contribution in [0.3, 0.4) is 0 Å². The molecule has 0 heterocycles. The Morgan fingerprint density at radius 1 is 1.06 bits per heavy atom. The van der Waals surface area contributed by atoms with Crippen LogP contribution in [0.1, 0.15) is 25.7 Å². The number of hydrogen-bond acceptors (Lipinski definition) is 3. The number of rotatable bonds is 8. The van der Waals surface area contributed by atoms with E-state index in [0.717, 1.165) is 25.1 Å². The molecule has 0 aliphatic heterocycles. The van der Waals surface area contributed by atoms with E-state index in [1.165, 1.54) is 18.5 Å². The highest BCUT2D eigenvalue weighted by Gasteiger charge is 2.00. The normalized spacial score (nSPS) is 10.3. The first kappa shape index (κ1) is 13.8. The van der Waals surface area contributed by atoms with Crippen LogP contribution in [-0.4, -0.2) is 32.4 Å². The van der Waals surface area contributed by atoms with Crippen molar-refractivity contribution in [2.24, 2.45) is 0 Å². The minimum atomic E-state index is 0.314. The minimum absolute atomic E-state index is 0.314. The van der Waals surface area contributed by atoms with Gasteiger partial charge in [0.05, 0.1) is 7.11 Å². The summed E-state index contributed by atoms with van der Waals surface area (Å²) in [6.45, 7) is 1.37. The predicted molar refractivity (Wildman–Crippen MR) is 71.8 cm³/mol. The van der Waals surface area contributed by atoms with Crippen LogP contribution in [0.15, 0.2) is 24.3 Å². The Morgan fingerprint density at radius 3 is 2.29 bits per heavy atom. The fraction of sp³-hybridized carbons (Fsp3) is 0.571. The second kappa shape index (κ2) is 7.96. The smallest absolute Gasteiger partial charge is 0.119 e. The van der Waals surface area contributed by atoms with E-state index in [9.17, 15) is 0 Å². The van der Waals surface area contributed by atoms with Gasteiger partial charge in [-0.2, -0.15) is 0 Å². The summed E-state index contributed by atoms with van der Waals surface area (Å²) in [4.78, 5) is 2.25. The molecule has 0 spiro atoms. The van der Waals surface area contributed by atoms with Crippen LogP contribution >= 0.6 is 0 Å². The van der Waals surface area contributed by atoms with Gasteiger partial charge in [0.15, 0.2) is 0 Å². The fourth-order valence-electron chi connectivity index (χ4n) is 1.78. The molecule has 0 unspecified atom stereocenters. The fourth-order valence-corrected chi connectivity index (χ4v) is 1.78. The lowest BCUT2D eigenvalue weighted by molar-refractivity contribution is 0.282. The quantitative estimate of drug-likeness (QED) is 0.706. The highest BCUT2D eigenvalue weighted by molar-refractivity contribution is 5.48. The van der Waals surface area contributed by atoms with Gasteiger partial charge in [0.25, 0.3) is 0 Å². The number of methoxy groups -OCH3 is 1. The molecular formula is C14H23NO2. The molecule has 0 saturated heterocycles. The second-order valence-electron chi connectivity index (χ2n) is 4.26. The molecule has 17 heavy (non-hydrogen) atoms.